The standard InChI is InChI=1S/C12H22N2O2/c1-5-11-13-7-10(15)12(16)14(11)9(4)6-8(2)3/h7-9,11,13,15H,5-6H2,1-4H3. The maximum absolute atomic E-state index is 11.9. The summed E-state index contributed by atoms with van der Waals surface area (Å²) in [7, 11) is 0. The molecule has 4 heteroatoms. The molecule has 0 aromatic rings. The van der Waals surface area contributed by atoms with Crippen LogP contribution in [-0.4, -0.2) is 28.1 Å². The Morgan fingerprint density at radius 2 is 2.12 bits per heavy atom. The van der Waals surface area contributed by atoms with Crippen LogP contribution in [0.5, 0.6) is 0 Å². The van der Waals surface area contributed by atoms with E-state index in [9.17, 15) is 9.90 Å². The normalized spacial score (nSPS) is 23.1. The molecule has 0 radical (unpaired) electrons. The Balaban J connectivity index is 2.81. The van der Waals surface area contributed by atoms with E-state index >= 15 is 0 Å². The van der Waals surface area contributed by atoms with Gasteiger partial charge in [-0.25, -0.2) is 0 Å². The highest BCUT2D eigenvalue weighted by molar-refractivity contribution is 5.92. The molecule has 1 heterocycles. The van der Waals surface area contributed by atoms with Crippen LogP contribution in [0.25, 0.3) is 0 Å². The van der Waals surface area contributed by atoms with E-state index in [4.69, 9.17) is 0 Å². The first-order chi connectivity index (χ1) is 7.47. The zero-order valence-electron chi connectivity index (χ0n) is 10.5. The number of hydrogen-bond donors (Lipinski definition) is 2. The van der Waals surface area contributed by atoms with E-state index in [1.807, 2.05) is 13.8 Å². The first-order valence-corrected chi connectivity index (χ1v) is 5.95. The van der Waals surface area contributed by atoms with Gasteiger partial charge in [0.1, 0.15) is 6.17 Å². The highest BCUT2D eigenvalue weighted by atomic mass is 16.3. The van der Waals surface area contributed by atoms with Crippen molar-refractivity contribution in [3.63, 3.8) is 0 Å². The van der Waals surface area contributed by atoms with Gasteiger partial charge in [-0.15, -0.1) is 0 Å². The largest absolute Gasteiger partial charge is 0.502 e. The van der Waals surface area contributed by atoms with E-state index in [1.54, 1.807) is 4.90 Å². The predicted octanol–water partition coefficient (Wildman–Crippen LogP) is 1.99. The molecular weight excluding hydrogens is 204 g/mol. The highest BCUT2D eigenvalue weighted by Gasteiger charge is 2.32. The van der Waals surface area contributed by atoms with E-state index in [0.29, 0.717) is 5.92 Å². The SMILES string of the molecule is CCC1NC=C(O)C(=O)N1C(C)CC(C)C. The Morgan fingerprint density at radius 3 is 2.62 bits per heavy atom. The van der Waals surface area contributed by atoms with E-state index in [-0.39, 0.29) is 23.9 Å². The van der Waals surface area contributed by atoms with Crippen LogP contribution in [0.15, 0.2) is 12.0 Å². The summed E-state index contributed by atoms with van der Waals surface area (Å²) >= 11 is 0. The highest BCUT2D eigenvalue weighted by Crippen LogP contribution is 2.19. The Hall–Kier alpha value is -1.19. The maximum atomic E-state index is 11.9. The van der Waals surface area contributed by atoms with Gasteiger partial charge in [0.2, 0.25) is 0 Å². The van der Waals surface area contributed by atoms with E-state index in [0.717, 1.165) is 12.8 Å². The number of carbonyl (C=O) groups excluding carboxylic acids is 1. The van der Waals surface area contributed by atoms with E-state index in [1.165, 1.54) is 6.20 Å². The quantitative estimate of drug-likeness (QED) is 0.770. The minimum absolute atomic E-state index is 0.00264. The van der Waals surface area contributed by atoms with Crippen molar-refractivity contribution in [3.8, 4) is 0 Å². The van der Waals surface area contributed by atoms with Gasteiger partial charge in [0.25, 0.3) is 5.91 Å². The summed E-state index contributed by atoms with van der Waals surface area (Å²) in [6.45, 7) is 8.32. The molecule has 0 saturated heterocycles. The lowest BCUT2D eigenvalue weighted by Crippen LogP contribution is -2.55. The minimum atomic E-state index is -0.265. The van der Waals surface area contributed by atoms with Crippen molar-refractivity contribution >= 4 is 5.91 Å². The second kappa shape index (κ2) is 5.23. The van der Waals surface area contributed by atoms with E-state index in [2.05, 4.69) is 19.2 Å². The smallest absolute Gasteiger partial charge is 0.292 e. The fourth-order valence-corrected chi connectivity index (χ4v) is 2.21. The van der Waals surface area contributed by atoms with Crippen LogP contribution in [0.1, 0.15) is 40.5 Å². The van der Waals surface area contributed by atoms with Gasteiger partial charge in [0.05, 0.1) is 0 Å². The average Bonchev–Trinajstić information content (AvgIpc) is 2.20. The fraction of sp³-hybridized carbons (Fsp3) is 0.750. The van der Waals surface area contributed by atoms with Crippen LogP contribution in [0, 0.1) is 5.92 Å². The number of nitrogens with one attached hydrogen (secondary N) is 1. The van der Waals surface area contributed by atoms with Gasteiger partial charge >= 0.3 is 0 Å². The molecule has 0 bridgehead atoms. The Labute approximate surface area is 97.3 Å². The van der Waals surface area contributed by atoms with Crippen molar-refractivity contribution in [1.82, 2.24) is 10.2 Å². The second-order valence-corrected chi connectivity index (χ2v) is 4.81. The fourth-order valence-electron chi connectivity index (χ4n) is 2.21. The molecule has 1 aliphatic rings. The number of amides is 1. The minimum Gasteiger partial charge on any atom is -0.502 e. The zero-order chi connectivity index (χ0) is 12.3. The summed E-state index contributed by atoms with van der Waals surface area (Å²) < 4.78 is 0. The summed E-state index contributed by atoms with van der Waals surface area (Å²) in [4.78, 5) is 13.6. The van der Waals surface area contributed by atoms with Crippen LogP contribution >= 0.6 is 0 Å². The molecular formula is C12H22N2O2. The molecule has 0 spiro atoms. The monoisotopic (exact) mass is 226 g/mol. The number of rotatable bonds is 4. The average molecular weight is 226 g/mol. The summed E-state index contributed by atoms with van der Waals surface area (Å²) in [5, 5.41) is 12.5. The van der Waals surface area contributed by atoms with Crippen molar-refractivity contribution in [1.29, 1.82) is 0 Å². The van der Waals surface area contributed by atoms with Gasteiger partial charge in [0, 0.05) is 12.2 Å². The lowest BCUT2D eigenvalue weighted by atomic mass is 10.0. The van der Waals surface area contributed by atoms with Gasteiger partial charge in [0.15, 0.2) is 5.76 Å². The van der Waals surface area contributed by atoms with Crippen molar-refractivity contribution in [2.24, 2.45) is 5.92 Å². The molecule has 1 amide bonds. The lowest BCUT2D eigenvalue weighted by molar-refractivity contribution is -0.137. The zero-order valence-corrected chi connectivity index (χ0v) is 10.5. The first-order valence-electron chi connectivity index (χ1n) is 5.95. The van der Waals surface area contributed by atoms with Crippen LogP contribution in [0.4, 0.5) is 0 Å². The Morgan fingerprint density at radius 1 is 1.50 bits per heavy atom. The Bertz CT molecular complexity index is 287. The Kier molecular flexibility index (Phi) is 4.21. The molecule has 1 aliphatic heterocycles. The van der Waals surface area contributed by atoms with Crippen molar-refractivity contribution < 1.29 is 9.90 Å². The van der Waals surface area contributed by atoms with Crippen LogP contribution < -0.4 is 5.32 Å². The van der Waals surface area contributed by atoms with Gasteiger partial charge in [-0.05, 0) is 25.7 Å². The molecule has 2 atom stereocenters. The maximum Gasteiger partial charge on any atom is 0.292 e. The third kappa shape index (κ3) is 2.68. The van der Waals surface area contributed by atoms with Crippen LogP contribution in [-0.2, 0) is 4.79 Å². The molecule has 4 nitrogen and oxygen atoms in total. The first kappa shape index (κ1) is 12.9. The lowest BCUT2D eigenvalue weighted by Gasteiger charge is -2.39. The summed E-state index contributed by atoms with van der Waals surface area (Å²) in [5.41, 5.74) is 0. The second-order valence-electron chi connectivity index (χ2n) is 4.81. The van der Waals surface area contributed by atoms with Gasteiger partial charge in [-0.3, -0.25) is 4.79 Å². The third-order valence-corrected chi connectivity index (χ3v) is 2.88. The van der Waals surface area contributed by atoms with Gasteiger partial charge < -0.3 is 15.3 Å². The van der Waals surface area contributed by atoms with Gasteiger partial charge in [-0.1, -0.05) is 20.8 Å². The molecule has 92 valence electrons. The number of nitrogens with zero attached hydrogens (tertiary/aromatic N) is 1. The number of aliphatic hydroxyl groups is 1. The van der Waals surface area contributed by atoms with Gasteiger partial charge in [-0.2, -0.15) is 0 Å². The van der Waals surface area contributed by atoms with Crippen molar-refractivity contribution in [2.75, 3.05) is 0 Å². The van der Waals surface area contributed by atoms with Crippen LogP contribution in [0.2, 0.25) is 0 Å². The summed E-state index contributed by atoms with van der Waals surface area (Å²) in [6, 6.07) is 0.140. The third-order valence-electron chi connectivity index (χ3n) is 2.88. The summed E-state index contributed by atoms with van der Waals surface area (Å²) in [5.74, 6) is 0.0763. The topological polar surface area (TPSA) is 52.6 Å². The molecule has 16 heavy (non-hydrogen) atoms. The number of hydrogen-bond acceptors (Lipinski definition) is 3. The summed E-state index contributed by atoms with van der Waals surface area (Å²) in [6.07, 6.45) is 3.17. The molecule has 0 fully saturated rings. The number of carbonyl (C=O) groups is 1. The molecule has 0 aromatic carbocycles. The number of aliphatic hydroxyl groups excluding tert-OH is 1. The van der Waals surface area contributed by atoms with Crippen LogP contribution in [0.3, 0.4) is 0 Å². The van der Waals surface area contributed by atoms with Crippen molar-refractivity contribution in [2.45, 2.75) is 52.7 Å². The molecule has 1 rings (SSSR count). The molecule has 2 unspecified atom stereocenters. The molecule has 0 aromatic heterocycles. The van der Waals surface area contributed by atoms with E-state index < -0.39 is 0 Å². The molecule has 0 saturated carbocycles. The predicted molar refractivity (Wildman–Crippen MR) is 63.7 cm³/mol. The molecule has 0 aliphatic carbocycles. The molecule has 2 N–H and O–H groups in total. The van der Waals surface area contributed by atoms with Crippen molar-refractivity contribution in [3.05, 3.63) is 12.0 Å².